The number of rotatable bonds is 6. The molecule has 5 nitrogen and oxygen atoms in total. The van der Waals surface area contributed by atoms with Crippen molar-refractivity contribution in [2.75, 3.05) is 0 Å². The van der Waals surface area contributed by atoms with Crippen LogP contribution in [-0.2, 0) is 0 Å². The molecule has 0 bridgehead atoms. The van der Waals surface area contributed by atoms with Gasteiger partial charge in [0.2, 0.25) is 0 Å². The van der Waals surface area contributed by atoms with Gasteiger partial charge in [-0.05, 0) is 34.7 Å². The highest BCUT2D eigenvalue weighted by Gasteiger charge is 2.24. The highest BCUT2D eigenvalue weighted by Crippen LogP contribution is 2.48. The molecule has 0 amide bonds. The van der Waals surface area contributed by atoms with Crippen molar-refractivity contribution in [3.05, 3.63) is 200 Å². The number of hydrogen-bond donors (Lipinski definition) is 0. The van der Waals surface area contributed by atoms with E-state index in [0.29, 0.717) is 17.5 Å². The molecule has 6 heteroatoms. The van der Waals surface area contributed by atoms with Gasteiger partial charge in [0.05, 0.1) is 32.6 Å². The lowest BCUT2D eigenvalue weighted by atomic mass is 9.99. The van der Waals surface area contributed by atoms with Gasteiger partial charge >= 0.3 is 0 Å². The molecule has 0 aliphatic heterocycles. The number of para-hydroxylation sites is 2. The minimum Gasteiger partial charge on any atom is -0.307 e. The third-order valence-electron chi connectivity index (χ3n) is 11.5. The largest absolute Gasteiger partial charge is 0.307 e. The first kappa shape index (κ1) is 34.3. The topological polar surface area (TPSA) is 56.5 Å². The van der Waals surface area contributed by atoms with Crippen LogP contribution < -0.4 is 0 Å². The maximum Gasteiger partial charge on any atom is 0.164 e. The summed E-state index contributed by atoms with van der Waals surface area (Å²) in [4.78, 5) is 20.2. The Morgan fingerprint density at radius 2 is 0.850 bits per heavy atom. The molecule has 0 N–H and O–H groups in total. The molecule has 280 valence electrons. The van der Waals surface area contributed by atoms with Gasteiger partial charge in [0, 0.05) is 48.5 Å². The quantitative estimate of drug-likeness (QED) is 0.169. The van der Waals surface area contributed by atoms with E-state index in [1.165, 1.54) is 53.1 Å². The molecule has 0 spiro atoms. The Bertz CT molecular complexity index is 3510. The standard InChI is InChI=1S/C54H33N5S/c1-3-15-38(16-4-1)52-56-53(39-17-5-2-6-18-39)58-54(57-52)40-32-28-35(29-33-40)34-26-30-37(31-27-34)48-47-49-51(60-50(47)42-21-9-11-23-44(42)55-48)43-22-10-12-24-46(43)59(49)45-25-13-19-36-14-7-8-20-41(36)45/h1-33H. The van der Waals surface area contributed by atoms with Gasteiger partial charge in [0.15, 0.2) is 17.5 Å². The zero-order chi connectivity index (χ0) is 39.6. The number of benzene rings is 8. The number of fused-ring (bicyclic) bond motifs is 8. The highest BCUT2D eigenvalue weighted by atomic mass is 32.1. The summed E-state index contributed by atoms with van der Waals surface area (Å²) in [7, 11) is 0. The van der Waals surface area contributed by atoms with Crippen LogP contribution >= 0.6 is 11.3 Å². The van der Waals surface area contributed by atoms with Crippen molar-refractivity contribution >= 4 is 64.2 Å². The Kier molecular flexibility index (Phi) is 7.96. The maximum atomic E-state index is 5.44. The minimum atomic E-state index is 0.638. The Morgan fingerprint density at radius 3 is 1.52 bits per heavy atom. The fourth-order valence-corrected chi connectivity index (χ4v) is 9.94. The third kappa shape index (κ3) is 5.61. The average Bonchev–Trinajstić information content (AvgIpc) is 3.87. The molecule has 0 fully saturated rings. The van der Waals surface area contributed by atoms with Gasteiger partial charge in [-0.1, -0.05) is 182 Å². The second-order valence-corrected chi connectivity index (χ2v) is 16.0. The van der Waals surface area contributed by atoms with Gasteiger partial charge in [-0.2, -0.15) is 0 Å². The summed E-state index contributed by atoms with van der Waals surface area (Å²) in [6.07, 6.45) is 0. The number of pyridine rings is 1. The Balaban J connectivity index is 0.983. The van der Waals surface area contributed by atoms with Crippen LogP contribution in [0.4, 0.5) is 0 Å². The van der Waals surface area contributed by atoms with Crippen LogP contribution in [-0.4, -0.2) is 24.5 Å². The summed E-state index contributed by atoms with van der Waals surface area (Å²) in [6, 6.07) is 70.1. The maximum absolute atomic E-state index is 5.44. The molecule has 4 heterocycles. The van der Waals surface area contributed by atoms with Crippen LogP contribution in [0.2, 0.25) is 0 Å². The predicted molar refractivity (Wildman–Crippen MR) is 250 cm³/mol. The molecular weight excluding hydrogens is 751 g/mol. The van der Waals surface area contributed by atoms with Gasteiger partial charge in [-0.3, -0.25) is 0 Å². The summed E-state index contributed by atoms with van der Waals surface area (Å²) in [5.41, 5.74) is 11.7. The van der Waals surface area contributed by atoms with E-state index in [9.17, 15) is 0 Å². The SMILES string of the molecule is c1ccc(-c2nc(-c3ccccc3)nc(-c3ccc(-c4ccc(-c5nc6ccccc6c6sc7c8ccccc8n(-c8cccc9ccccc89)c7c56)cc4)cc3)n2)cc1. The second-order valence-electron chi connectivity index (χ2n) is 15.0. The molecule has 4 aromatic heterocycles. The van der Waals surface area contributed by atoms with Gasteiger partial charge in [-0.25, -0.2) is 19.9 Å². The monoisotopic (exact) mass is 783 g/mol. The zero-order valence-corrected chi connectivity index (χ0v) is 33.0. The molecule has 0 unspecified atom stereocenters. The van der Waals surface area contributed by atoms with Gasteiger partial charge in [0.1, 0.15) is 0 Å². The second kappa shape index (κ2) is 13.9. The fourth-order valence-electron chi connectivity index (χ4n) is 8.58. The minimum absolute atomic E-state index is 0.638. The molecule has 0 aliphatic rings. The average molecular weight is 784 g/mol. The van der Waals surface area contributed by atoms with Gasteiger partial charge in [0.25, 0.3) is 0 Å². The van der Waals surface area contributed by atoms with E-state index >= 15 is 0 Å². The smallest absolute Gasteiger partial charge is 0.164 e. The number of hydrogen-bond acceptors (Lipinski definition) is 5. The van der Waals surface area contributed by atoms with E-state index in [0.717, 1.165) is 44.6 Å². The van der Waals surface area contributed by atoms with Crippen LogP contribution in [0.1, 0.15) is 0 Å². The first-order valence-corrected chi connectivity index (χ1v) is 20.9. The summed E-state index contributed by atoms with van der Waals surface area (Å²) in [5.74, 6) is 1.94. The van der Waals surface area contributed by atoms with E-state index in [1.54, 1.807) is 0 Å². The van der Waals surface area contributed by atoms with Gasteiger partial charge < -0.3 is 4.57 Å². The lowest BCUT2D eigenvalue weighted by molar-refractivity contribution is 1.07. The van der Waals surface area contributed by atoms with E-state index in [4.69, 9.17) is 19.9 Å². The van der Waals surface area contributed by atoms with Crippen molar-refractivity contribution in [3.63, 3.8) is 0 Å². The van der Waals surface area contributed by atoms with Crippen molar-refractivity contribution in [3.8, 4) is 62.2 Å². The zero-order valence-electron chi connectivity index (χ0n) is 32.2. The fraction of sp³-hybridized carbons (Fsp3) is 0. The lowest BCUT2D eigenvalue weighted by Crippen LogP contribution is -2.00. The molecule has 60 heavy (non-hydrogen) atoms. The van der Waals surface area contributed by atoms with Crippen LogP contribution in [0, 0.1) is 0 Å². The number of thiophene rings is 1. The summed E-state index contributed by atoms with van der Waals surface area (Å²) < 4.78 is 5.00. The summed E-state index contributed by atoms with van der Waals surface area (Å²) >= 11 is 1.87. The summed E-state index contributed by atoms with van der Waals surface area (Å²) in [5, 5.41) is 6.04. The Labute approximate surface area is 349 Å². The molecule has 0 atom stereocenters. The molecule has 12 aromatic rings. The van der Waals surface area contributed by atoms with Crippen LogP contribution in [0.3, 0.4) is 0 Å². The molecule has 0 radical (unpaired) electrons. The third-order valence-corrected chi connectivity index (χ3v) is 12.7. The normalized spacial score (nSPS) is 11.7. The lowest BCUT2D eigenvalue weighted by Gasteiger charge is -2.13. The molecule has 8 aromatic carbocycles. The molecule has 0 saturated carbocycles. The van der Waals surface area contributed by atoms with Gasteiger partial charge in [-0.15, -0.1) is 11.3 Å². The van der Waals surface area contributed by atoms with E-state index < -0.39 is 0 Å². The summed E-state index contributed by atoms with van der Waals surface area (Å²) in [6.45, 7) is 0. The molecule has 0 saturated heterocycles. The van der Waals surface area contributed by atoms with Crippen molar-refractivity contribution in [2.24, 2.45) is 0 Å². The molecule has 0 aliphatic carbocycles. The molecule has 12 rings (SSSR count). The van der Waals surface area contributed by atoms with Crippen LogP contribution in [0.25, 0.3) is 115 Å². The van der Waals surface area contributed by atoms with Crippen LogP contribution in [0.5, 0.6) is 0 Å². The van der Waals surface area contributed by atoms with Crippen molar-refractivity contribution in [1.29, 1.82) is 0 Å². The highest BCUT2D eigenvalue weighted by molar-refractivity contribution is 7.27. The first-order valence-electron chi connectivity index (χ1n) is 20.1. The van der Waals surface area contributed by atoms with Crippen molar-refractivity contribution < 1.29 is 0 Å². The van der Waals surface area contributed by atoms with E-state index in [-0.39, 0.29) is 0 Å². The first-order chi connectivity index (χ1) is 29.7. The van der Waals surface area contributed by atoms with Crippen molar-refractivity contribution in [1.82, 2.24) is 24.5 Å². The molecular formula is C54H33N5S. The van der Waals surface area contributed by atoms with E-state index in [2.05, 4.69) is 144 Å². The Hall–Kier alpha value is -7.80. The predicted octanol–water partition coefficient (Wildman–Crippen LogP) is 14.2. The number of nitrogens with zero attached hydrogens (tertiary/aromatic N) is 5. The Morgan fingerprint density at radius 1 is 0.350 bits per heavy atom. The van der Waals surface area contributed by atoms with E-state index in [1.807, 2.05) is 72.0 Å². The van der Waals surface area contributed by atoms with Crippen LogP contribution in [0.15, 0.2) is 200 Å². The number of aromatic nitrogens is 5. The van der Waals surface area contributed by atoms with Crippen molar-refractivity contribution in [2.45, 2.75) is 0 Å².